The van der Waals surface area contributed by atoms with E-state index in [-0.39, 0.29) is 11.9 Å². The molecule has 0 unspecified atom stereocenters. The number of piperazine rings is 1. The molecule has 6 nitrogen and oxygen atoms in total. The number of nitrogens with zero attached hydrogens (tertiary/aromatic N) is 3. The number of hydrogen-bond donors (Lipinski definition) is 1. The highest BCUT2D eigenvalue weighted by Gasteiger charge is 2.26. The van der Waals surface area contributed by atoms with Crippen molar-refractivity contribution in [2.75, 3.05) is 67.6 Å². The molecule has 1 N–H and O–H groups in total. The molecule has 2 saturated heterocycles. The lowest BCUT2D eigenvalue weighted by Gasteiger charge is -2.38. The summed E-state index contributed by atoms with van der Waals surface area (Å²) in [6.45, 7) is 8.69. The predicted octanol–water partition coefficient (Wildman–Crippen LogP) is 3.33. The van der Waals surface area contributed by atoms with E-state index in [0.29, 0.717) is 0 Å². The van der Waals surface area contributed by atoms with Gasteiger partial charge in [-0.1, -0.05) is 23.7 Å². The number of para-hydroxylation sites is 1. The van der Waals surface area contributed by atoms with Gasteiger partial charge in [0.1, 0.15) is 0 Å². The molecule has 2 aromatic rings. The summed E-state index contributed by atoms with van der Waals surface area (Å²) in [4.78, 5) is 19.6. The summed E-state index contributed by atoms with van der Waals surface area (Å²) in [6.07, 6.45) is 0. The predicted molar refractivity (Wildman–Crippen MR) is 123 cm³/mol. The second-order valence-electron chi connectivity index (χ2n) is 7.79. The van der Waals surface area contributed by atoms with Crippen LogP contribution in [-0.2, 0) is 9.53 Å². The van der Waals surface area contributed by atoms with E-state index in [0.717, 1.165) is 68.9 Å². The molecular formula is C23H29ClN4O2. The zero-order valence-corrected chi connectivity index (χ0v) is 18.1. The number of ether oxygens (including phenoxy) is 1. The van der Waals surface area contributed by atoms with E-state index in [9.17, 15) is 4.79 Å². The van der Waals surface area contributed by atoms with Gasteiger partial charge in [-0.15, -0.1) is 0 Å². The summed E-state index contributed by atoms with van der Waals surface area (Å²) in [7, 11) is 0. The lowest BCUT2D eigenvalue weighted by molar-refractivity contribution is -0.120. The molecule has 0 spiro atoms. The Morgan fingerprint density at radius 1 is 0.933 bits per heavy atom. The number of carbonyl (C=O) groups is 1. The van der Waals surface area contributed by atoms with Crippen LogP contribution in [0.4, 0.5) is 17.1 Å². The maximum atomic E-state index is 12.8. The van der Waals surface area contributed by atoms with Crippen molar-refractivity contribution in [2.45, 2.75) is 13.0 Å². The molecule has 7 heteroatoms. The third-order valence-corrected chi connectivity index (χ3v) is 6.27. The third-order valence-electron chi connectivity index (χ3n) is 5.95. The first-order chi connectivity index (χ1) is 14.6. The molecule has 0 radical (unpaired) electrons. The fraction of sp³-hybridized carbons (Fsp3) is 0.435. The molecule has 0 bridgehead atoms. The number of morpholine rings is 1. The Hall–Kier alpha value is -2.28. The summed E-state index contributed by atoms with van der Waals surface area (Å²) in [6, 6.07) is 15.8. The smallest absolute Gasteiger partial charge is 0.241 e. The number of benzene rings is 2. The van der Waals surface area contributed by atoms with E-state index in [1.165, 1.54) is 5.69 Å². The molecule has 0 saturated carbocycles. The van der Waals surface area contributed by atoms with Gasteiger partial charge >= 0.3 is 0 Å². The Labute approximate surface area is 183 Å². The number of nitrogens with one attached hydrogen (secondary N) is 1. The Morgan fingerprint density at radius 2 is 1.60 bits per heavy atom. The first kappa shape index (κ1) is 21.0. The van der Waals surface area contributed by atoms with Crippen molar-refractivity contribution in [2.24, 2.45) is 0 Å². The zero-order valence-electron chi connectivity index (χ0n) is 17.4. The van der Waals surface area contributed by atoms with Crippen LogP contribution in [0.2, 0.25) is 5.02 Å². The summed E-state index contributed by atoms with van der Waals surface area (Å²) in [5.74, 6) is 0.0281. The topological polar surface area (TPSA) is 48.1 Å². The van der Waals surface area contributed by atoms with Crippen LogP contribution in [0.3, 0.4) is 0 Å². The normalized spacial score (nSPS) is 18.9. The summed E-state index contributed by atoms with van der Waals surface area (Å²) in [5.41, 5.74) is 3.06. The summed E-state index contributed by atoms with van der Waals surface area (Å²) in [5, 5.41) is 3.84. The second kappa shape index (κ2) is 9.69. The lowest BCUT2D eigenvalue weighted by Crippen LogP contribution is -2.52. The minimum atomic E-state index is -0.183. The van der Waals surface area contributed by atoms with Gasteiger partial charge in [-0.25, -0.2) is 0 Å². The molecule has 0 aromatic heterocycles. The molecule has 2 aliphatic rings. The van der Waals surface area contributed by atoms with E-state index in [1.807, 2.05) is 37.3 Å². The van der Waals surface area contributed by atoms with Gasteiger partial charge in [0, 0.05) is 50.6 Å². The van der Waals surface area contributed by atoms with Crippen LogP contribution in [-0.4, -0.2) is 69.3 Å². The van der Waals surface area contributed by atoms with Crippen LogP contribution in [0.25, 0.3) is 0 Å². The van der Waals surface area contributed by atoms with E-state index < -0.39 is 0 Å². The monoisotopic (exact) mass is 428 g/mol. The quantitative estimate of drug-likeness (QED) is 0.791. The molecule has 2 aliphatic heterocycles. The van der Waals surface area contributed by atoms with Gasteiger partial charge < -0.3 is 19.9 Å². The minimum absolute atomic E-state index is 0.0281. The van der Waals surface area contributed by atoms with Crippen LogP contribution >= 0.6 is 11.6 Å². The highest BCUT2D eigenvalue weighted by atomic mass is 35.5. The van der Waals surface area contributed by atoms with Crippen molar-refractivity contribution < 1.29 is 9.53 Å². The highest BCUT2D eigenvalue weighted by molar-refractivity contribution is 6.33. The number of anilines is 3. The van der Waals surface area contributed by atoms with E-state index >= 15 is 0 Å². The second-order valence-corrected chi connectivity index (χ2v) is 8.19. The van der Waals surface area contributed by atoms with Gasteiger partial charge in [0.05, 0.1) is 30.0 Å². The first-order valence-electron chi connectivity index (χ1n) is 10.6. The van der Waals surface area contributed by atoms with Crippen molar-refractivity contribution in [1.82, 2.24) is 4.90 Å². The molecule has 30 heavy (non-hydrogen) atoms. The van der Waals surface area contributed by atoms with Crippen LogP contribution < -0.4 is 15.1 Å². The van der Waals surface area contributed by atoms with E-state index in [2.05, 4.69) is 38.2 Å². The van der Waals surface area contributed by atoms with E-state index in [1.54, 1.807) is 0 Å². The van der Waals surface area contributed by atoms with Gasteiger partial charge in [0.2, 0.25) is 5.91 Å². The molecule has 2 aromatic carbocycles. The summed E-state index contributed by atoms with van der Waals surface area (Å²) >= 11 is 6.33. The van der Waals surface area contributed by atoms with Crippen LogP contribution in [0.1, 0.15) is 6.92 Å². The van der Waals surface area contributed by atoms with Gasteiger partial charge in [-0.05, 0) is 43.3 Å². The molecule has 1 atom stereocenters. The van der Waals surface area contributed by atoms with Crippen molar-refractivity contribution in [1.29, 1.82) is 0 Å². The Kier molecular flexibility index (Phi) is 6.77. The van der Waals surface area contributed by atoms with Gasteiger partial charge in [-0.2, -0.15) is 0 Å². The molecule has 2 heterocycles. The number of hydrogen-bond acceptors (Lipinski definition) is 5. The van der Waals surface area contributed by atoms with Crippen molar-refractivity contribution in [3.63, 3.8) is 0 Å². The SMILES string of the molecule is C[C@@H](C(=O)Nc1ccc(N2CCOCC2)cc1)N1CCN(c2ccccc2Cl)CC1. The summed E-state index contributed by atoms with van der Waals surface area (Å²) < 4.78 is 5.41. The number of carbonyl (C=O) groups excluding carboxylic acids is 1. The number of rotatable bonds is 5. The minimum Gasteiger partial charge on any atom is -0.378 e. The first-order valence-corrected chi connectivity index (χ1v) is 11.0. The number of amides is 1. The molecule has 0 aliphatic carbocycles. The highest BCUT2D eigenvalue weighted by Crippen LogP contribution is 2.26. The Morgan fingerprint density at radius 3 is 2.27 bits per heavy atom. The standard InChI is InChI=1S/C23H29ClN4O2/c1-18(26-10-12-28(13-11-26)22-5-3-2-4-21(22)24)23(29)25-19-6-8-20(9-7-19)27-14-16-30-17-15-27/h2-9,18H,10-17H2,1H3,(H,25,29)/t18-/m0/s1. The van der Waals surface area contributed by atoms with Crippen LogP contribution in [0, 0.1) is 0 Å². The van der Waals surface area contributed by atoms with Gasteiger partial charge in [0.25, 0.3) is 0 Å². The van der Waals surface area contributed by atoms with Gasteiger partial charge in [0.15, 0.2) is 0 Å². The zero-order chi connectivity index (χ0) is 20.9. The molecular weight excluding hydrogens is 400 g/mol. The van der Waals surface area contributed by atoms with Crippen LogP contribution in [0.15, 0.2) is 48.5 Å². The van der Waals surface area contributed by atoms with Gasteiger partial charge in [-0.3, -0.25) is 9.69 Å². The maximum Gasteiger partial charge on any atom is 0.241 e. The molecule has 160 valence electrons. The van der Waals surface area contributed by atoms with Crippen molar-refractivity contribution in [3.8, 4) is 0 Å². The fourth-order valence-corrected chi connectivity index (χ4v) is 4.30. The number of halogens is 1. The molecule has 1 amide bonds. The van der Waals surface area contributed by atoms with Crippen molar-refractivity contribution in [3.05, 3.63) is 53.6 Å². The Bertz CT molecular complexity index is 847. The molecule has 2 fully saturated rings. The van der Waals surface area contributed by atoms with Crippen molar-refractivity contribution >= 4 is 34.6 Å². The average molecular weight is 429 g/mol. The largest absolute Gasteiger partial charge is 0.378 e. The fourth-order valence-electron chi connectivity index (χ4n) is 4.05. The Balaban J connectivity index is 1.29. The van der Waals surface area contributed by atoms with Crippen LogP contribution in [0.5, 0.6) is 0 Å². The van der Waals surface area contributed by atoms with E-state index in [4.69, 9.17) is 16.3 Å². The molecule has 4 rings (SSSR count). The maximum absolute atomic E-state index is 12.8. The third kappa shape index (κ3) is 4.89. The average Bonchev–Trinajstić information content (AvgIpc) is 2.80. The lowest BCUT2D eigenvalue weighted by atomic mass is 10.2.